The third-order valence-electron chi connectivity index (χ3n) is 11.0. The van der Waals surface area contributed by atoms with Crippen molar-refractivity contribution in [1.29, 1.82) is 0 Å². The van der Waals surface area contributed by atoms with Crippen LogP contribution in [0.2, 0.25) is 11.9 Å². The summed E-state index contributed by atoms with van der Waals surface area (Å²) in [5.74, 6) is 2.10. The summed E-state index contributed by atoms with van der Waals surface area (Å²) in [4.78, 5) is 0. The molecule has 2 aromatic rings. The van der Waals surface area contributed by atoms with E-state index in [2.05, 4.69) is 139 Å². The molecule has 4 heteroatoms. The summed E-state index contributed by atoms with van der Waals surface area (Å²) >= 11 is -0.0789. The van der Waals surface area contributed by atoms with E-state index in [9.17, 15) is 0 Å². The van der Waals surface area contributed by atoms with E-state index in [1.165, 1.54) is 72.7 Å². The number of benzene rings is 2. The molecule has 1 fully saturated rings. The first-order chi connectivity index (χ1) is 23.4. The molecule has 0 saturated heterocycles. The Bertz CT molecular complexity index is 1970. The summed E-state index contributed by atoms with van der Waals surface area (Å²) in [5.41, 5.74) is 11.0. The Balaban J connectivity index is 0.000000241. The standard InChI is InChI=1S/C21H17.C17H19.2C4H9.2ClH.2Zr/c1-14(2)17-11-12-19-18-10-6-5-9-16(18)13-20(19)21(17)15-7-3-4-8-15;1-12(2)17-15-10-6-5-9-14(15)11-16(17)13-7-3-4-8-13;2*1-3-4-2;;;;/h3-7,9-12H,8H2,1-2H3;3-7,9-11,14-16H,8H2,1-2H3;2*1,3-4H2,2H3;2*1H;;. The monoisotopic (exact) mass is 858 g/mol. The molecule has 0 spiro atoms. The summed E-state index contributed by atoms with van der Waals surface area (Å²) in [6, 6.07) is 14.1. The van der Waals surface area contributed by atoms with Gasteiger partial charge in [-0.25, -0.2) is 0 Å². The molecule has 0 N–H and O–H groups in total. The van der Waals surface area contributed by atoms with Crippen LogP contribution in [-0.2, 0) is 46.5 Å². The van der Waals surface area contributed by atoms with Crippen molar-refractivity contribution in [1.82, 2.24) is 0 Å². The molecule has 5 aliphatic rings. The van der Waals surface area contributed by atoms with Gasteiger partial charge in [0.2, 0.25) is 0 Å². The Kier molecular flexibility index (Phi) is 15.9. The summed E-state index contributed by atoms with van der Waals surface area (Å²) in [7, 11) is 0. The van der Waals surface area contributed by atoms with E-state index < -0.39 is 21.8 Å². The molecule has 262 valence electrons. The molecule has 0 bridgehead atoms. The van der Waals surface area contributed by atoms with Crippen LogP contribution in [0, 0.1) is 28.2 Å². The third kappa shape index (κ3) is 8.41. The van der Waals surface area contributed by atoms with E-state index in [0.717, 1.165) is 16.0 Å². The summed E-state index contributed by atoms with van der Waals surface area (Å²) < 4.78 is 5.64. The molecule has 2 aromatic carbocycles. The van der Waals surface area contributed by atoms with Crippen molar-refractivity contribution >= 4 is 39.2 Å². The Morgan fingerprint density at radius 1 is 0.720 bits per heavy atom. The van der Waals surface area contributed by atoms with E-state index >= 15 is 0 Å². The van der Waals surface area contributed by atoms with Gasteiger partial charge in [0.15, 0.2) is 0 Å². The molecule has 0 amide bonds. The maximum Gasteiger partial charge on any atom is -0.147 e. The molecule has 4 unspecified atom stereocenters. The first-order valence-corrected chi connectivity index (χ1v) is 24.7. The Morgan fingerprint density at radius 2 is 1.38 bits per heavy atom. The minimum Gasteiger partial charge on any atom is -0.147 e. The van der Waals surface area contributed by atoms with Gasteiger partial charge in [0.25, 0.3) is 0 Å². The van der Waals surface area contributed by atoms with E-state index in [1.807, 2.05) is 3.28 Å². The van der Waals surface area contributed by atoms with Gasteiger partial charge in [0.05, 0.1) is 0 Å². The number of fused-ring (bicyclic) bond motifs is 3. The maximum atomic E-state index is 2.44. The Labute approximate surface area is 338 Å². The molecule has 0 radical (unpaired) electrons. The fraction of sp³-hybridized carbons (Fsp3) is 0.391. The molecular formula is C46H56Cl2Zr2. The molecule has 1 saturated carbocycles. The SMILES string of the molecule is CC(C)=C1C2C=CC=CC2[CH]([Zr])C1C1=CC=CC1.CCC[CH2][Zr]([CH2]CCC)[C]1=c2ccccc2=c2ccc(=C(C)C)c(C3=CC=CC3)c21.Cl.Cl. The molecule has 0 aliphatic heterocycles. The third-order valence-corrected chi connectivity index (χ3v) is 20.5. The van der Waals surface area contributed by atoms with Gasteiger partial charge in [-0.15, -0.1) is 24.8 Å². The van der Waals surface area contributed by atoms with Gasteiger partial charge in [-0.05, 0) is 0 Å². The van der Waals surface area contributed by atoms with E-state index in [4.69, 9.17) is 0 Å². The van der Waals surface area contributed by atoms with Crippen molar-refractivity contribution in [2.75, 3.05) is 0 Å². The quantitative estimate of drug-likeness (QED) is 0.220. The van der Waals surface area contributed by atoms with Crippen LogP contribution in [0.1, 0.15) is 91.2 Å². The molecule has 0 aromatic heterocycles. The van der Waals surface area contributed by atoms with Crippen LogP contribution in [0.4, 0.5) is 0 Å². The van der Waals surface area contributed by atoms with E-state index in [-0.39, 0.29) is 24.8 Å². The largest absolute Gasteiger partial charge is 0.147 e. The number of rotatable bonds is 9. The van der Waals surface area contributed by atoms with Crippen LogP contribution in [-0.4, -0.2) is 0 Å². The second-order valence-corrected chi connectivity index (χ2v) is 23.0. The number of hydrogen-bond acceptors (Lipinski definition) is 0. The average molecular weight is 862 g/mol. The molecular weight excluding hydrogens is 806 g/mol. The summed E-state index contributed by atoms with van der Waals surface area (Å²) in [5, 5.41) is 6.02. The molecule has 0 nitrogen and oxygen atoms in total. The second-order valence-electron chi connectivity index (χ2n) is 14.7. The van der Waals surface area contributed by atoms with Crippen molar-refractivity contribution in [2.24, 2.45) is 17.8 Å². The van der Waals surface area contributed by atoms with Crippen LogP contribution in [0.15, 0.2) is 114 Å². The maximum absolute atomic E-state index is 2.44. The number of allylic oxidation sites excluding steroid dienone is 14. The zero-order valence-corrected chi connectivity index (χ0v) is 37.6. The number of unbranched alkanes of at least 4 members (excludes halogenated alkanes) is 2. The van der Waals surface area contributed by atoms with Crippen LogP contribution >= 0.6 is 24.8 Å². The Morgan fingerprint density at radius 3 is 1.98 bits per heavy atom. The zero-order chi connectivity index (χ0) is 33.8. The first kappa shape index (κ1) is 41.5. The summed E-state index contributed by atoms with van der Waals surface area (Å²) in [6.07, 6.45) is 30.8. The van der Waals surface area contributed by atoms with E-state index in [1.54, 1.807) is 52.2 Å². The molecule has 5 aliphatic carbocycles. The van der Waals surface area contributed by atoms with Gasteiger partial charge in [-0.3, -0.25) is 0 Å². The van der Waals surface area contributed by atoms with Crippen molar-refractivity contribution in [2.45, 2.75) is 92.0 Å². The molecule has 0 heterocycles. The number of halogens is 2. The molecule has 50 heavy (non-hydrogen) atoms. The molecule has 7 rings (SSSR count). The average Bonchev–Trinajstić information content (AvgIpc) is 3.91. The van der Waals surface area contributed by atoms with Gasteiger partial charge < -0.3 is 0 Å². The zero-order valence-electron chi connectivity index (χ0n) is 31.0. The minimum atomic E-state index is -1.77. The van der Waals surface area contributed by atoms with Crippen LogP contribution in [0.5, 0.6) is 0 Å². The number of hydrogen-bond donors (Lipinski definition) is 0. The molecule has 4 atom stereocenters. The van der Waals surface area contributed by atoms with Crippen LogP contribution < -0.4 is 10.4 Å². The second kappa shape index (κ2) is 19.2. The van der Waals surface area contributed by atoms with Gasteiger partial charge in [-0.1, -0.05) is 0 Å². The minimum absolute atomic E-state index is 0. The van der Waals surface area contributed by atoms with Gasteiger partial charge in [-0.2, -0.15) is 0 Å². The Hall–Kier alpha value is -1.29. The van der Waals surface area contributed by atoms with Crippen LogP contribution in [0.25, 0.3) is 14.4 Å². The van der Waals surface area contributed by atoms with E-state index in [0.29, 0.717) is 11.8 Å². The van der Waals surface area contributed by atoms with Crippen molar-refractivity contribution in [3.05, 3.63) is 146 Å². The fourth-order valence-electron chi connectivity index (χ4n) is 8.73. The van der Waals surface area contributed by atoms with Crippen molar-refractivity contribution in [3.63, 3.8) is 0 Å². The van der Waals surface area contributed by atoms with Gasteiger partial charge >= 0.3 is 316 Å². The van der Waals surface area contributed by atoms with Gasteiger partial charge in [0.1, 0.15) is 0 Å². The van der Waals surface area contributed by atoms with Crippen molar-refractivity contribution in [3.8, 4) is 0 Å². The summed E-state index contributed by atoms with van der Waals surface area (Å²) in [6.45, 7) is 13.9. The normalized spacial score (nSPS) is 21.7. The predicted molar refractivity (Wildman–Crippen MR) is 215 cm³/mol. The smallest absolute Gasteiger partial charge is 0.147 e. The topological polar surface area (TPSA) is 0 Å². The van der Waals surface area contributed by atoms with Crippen molar-refractivity contribution < 1.29 is 46.5 Å². The predicted octanol–water partition coefficient (Wildman–Crippen LogP) is 12.4. The fourth-order valence-corrected chi connectivity index (χ4v) is 19.1. The van der Waals surface area contributed by atoms with Gasteiger partial charge in [0, 0.05) is 0 Å². The van der Waals surface area contributed by atoms with Crippen LogP contribution in [0.3, 0.4) is 0 Å². The first-order valence-electron chi connectivity index (χ1n) is 18.6.